The lowest BCUT2D eigenvalue weighted by atomic mass is 9.89. The van der Waals surface area contributed by atoms with E-state index in [1.807, 2.05) is 58.1 Å². The number of carbonyl (C=O) groups is 1. The number of aromatic nitrogens is 1. The van der Waals surface area contributed by atoms with Gasteiger partial charge in [-0.15, -0.1) is 0 Å². The second-order valence-corrected chi connectivity index (χ2v) is 10.5. The summed E-state index contributed by atoms with van der Waals surface area (Å²) in [4.78, 5) is 22.0. The van der Waals surface area contributed by atoms with Crippen molar-refractivity contribution in [3.05, 3.63) is 88.2 Å². The summed E-state index contributed by atoms with van der Waals surface area (Å²) in [6.45, 7) is 6.54. The van der Waals surface area contributed by atoms with E-state index >= 15 is 0 Å². The number of fused-ring (bicyclic) bond motifs is 1. The molecular weight excluding hydrogens is 473 g/mol. The van der Waals surface area contributed by atoms with Gasteiger partial charge in [-0.1, -0.05) is 30.3 Å². The Morgan fingerprint density at radius 1 is 1.03 bits per heavy atom. The first-order chi connectivity index (χ1) is 17.6. The van der Waals surface area contributed by atoms with Crippen molar-refractivity contribution in [3.8, 4) is 0 Å². The first-order valence-corrected chi connectivity index (χ1v) is 13.6. The Morgan fingerprint density at radius 3 is 2.47 bits per heavy atom. The summed E-state index contributed by atoms with van der Waals surface area (Å²) < 4.78 is 18.9. The van der Waals surface area contributed by atoms with E-state index in [0.717, 1.165) is 57.5 Å². The van der Waals surface area contributed by atoms with Crippen LogP contribution >= 0.6 is 11.3 Å². The van der Waals surface area contributed by atoms with Crippen LogP contribution in [0.15, 0.2) is 69.8 Å². The summed E-state index contributed by atoms with van der Waals surface area (Å²) >= 11 is 1.71. The van der Waals surface area contributed by atoms with E-state index in [4.69, 9.17) is 4.42 Å². The zero-order valence-electron chi connectivity index (χ0n) is 20.6. The fraction of sp³-hybridized carbons (Fsp3) is 0.379. The first-order valence-electron chi connectivity index (χ1n) is 12.7. The smallest absolute Gasteiger partial charge is 0.257 e. The minimum absolute atomic E-state index is 0.0410. The fourth-order valence-corrected chi connectivity index (χ4v) is 5.79. The van der Waals surface area contributed by atoms with Gasteiger partial charge in [0.15, 0.2) is 11.5 Å². The maximum Gasteiger partial charge on any atom is 0.257 e. The molecule has 0 bridgehead atoms. The van der Waals surface area contributed by atoms with Crippen LogP contribution in [0.25, 0.3) is 11.1 Å². The third kappa shape index (κ3) is 5.85. The number of thiophene rings is 1. The van der Waals surface area contributed by atoms with Gasteiger partial charge in [-0.2, -0.15) is 11.3 Å². The number of halogens is 1. The molecule has 2 aliphatic heterocycles. The quantitative estimate of drug-likeness (QED) is 0.324. The van der Waals surface area contributed by atoms with Crippen molar-refractivity contribution in [1.29, 1.82) is 0 Å². The largest absolute Gasteiger partial charge is 0.440 e. The Morgan fingerprint density at radius 2 is 1.78 bits per heavy atom. The monoisotopic (exact) mass is 505 g/mol. The molecule has 7 heteroatoms. The molecule has 4 aromatic rings. The minimum Gasteiger partial charge on any atom is -0.440 e. The van der Waals surface area contributed by atoms with Crippen LogP contribution in [0.2, 0.25) is 0 Å². The van der Waals surface area contributed by atoms with Crippen LogP contribution in [-0.4, -0.2) is 53.4 Å². The molecule has 0 saturated carbocycles. The lowest BCUT2D eigenvalue weighted by molar-refractivity contribution is 0.0782. The number of oxazole rings is 1. The molecule has 6 rings (SSSR count). The van der Waals surface area contributed by atoms with Crippen LogP contribution < -0.4 is 0 Å². The molecule has 2 aromatic heterocycles. The number of carbonyl (C=O) groups excluding carboxylic acids is 1. The van der Waals surface area contributed by atoms with Gasteiger partial charge in [0.2, 0.25) is 0 Å². The molecule has 4 heterocycles. The normalized spacial score (nSPS) is 18.8. The van der Waals surface area contributed by atoms with Crippen LogP contribution in [0, 0.1) is 18.7 Å². The second-order valence-electron chi connectivity index (χ2n) is 9.71. The molecule has 188 valence electrons. The molecule has 0 aliphatic carbocycles. The van der Waals surface area contributed by atoms with Crippen LogP contribution in [0.3, 0.4) is 0 Å². The van der Waals surface area contributed by atoms with Crippen molar-refractivity contribution in [2.24, 2.45) is 5.92 Å². The molecule has 2 fully saturated rings. The van der Waals surface area contributed by atoms with Gasteiger partial charge < -0.3 is 14.2 Å². The molecule has 0 N–H and O–H groups in total. The Labute approximate surface area is 215 Å². The van der Waals surface area contributed by atoms with E-state index in [2.05, 4.69) is 9.88 Å². The standard InChI is InChI=1S/C25H28FN3O2.C4H4S/c1-17-27-23-4-2-3-22(24(23)31-17)25(30)29-14-9-18(16-29)15-28-12-10-20(11-13-28)19-5-7-21(26)8-6-19;1-2-4-5-3-1/h2-8,18,20H,9-16H2,1H3;1-4H/t18-;/m1./s1. The van der Waals surface area contributed by atoms with Gasteiger partial charge in [-0.3, -0.25) is 4.79 Å². The molecule has 0 spiro atoms. The molecule has 5 nitrogen and oxygen atoms in total. The number of piperidine rings is 1. The molecule has 1 atom stereocenters. The summed E-state index contributed by atoms with van der Waals surface area (Å²) in [7, 11) is 0. The Bertz CT molecular complexity index is 1250. The molecule has 36 heavy (non-hydrogen) atoms. The zero-order chi connectivity index (χ0) is 24.9. The van der Waals surface area contributed by atoms with Gasteiger partial charge in [0.25, 0.3) is 5.91 Å². The molecule has 2 aliphatic rings. The summed E-state index contributed by atoms with van der Waals surface area (Å²) in [5.74, 6) is 1.47. The fourth-order valence-electron chi connectivity index (χ4n) is 5.34. The molecule has 0 radical (unpaired) electrons. The van der Waals surface area contributed by atoms with E-state index in [9.17, 15) is 9.18 Å². The van der Waals surface area contributed by atoms with E-state index < -0.39 is 0 Å². The predicted molar refractivity (Wildman–Crippen MR) is 142 cm³/mol. The lowest BCUT2D eigenvalue weighted by Gasteiger charge is -2.33. The van der Waals surface area contributed by atoms with E-state index in [0.29, 0.717) is 28.9 Å². The number of hydrogen-bond donors (Lipinski definition) is 0. The maximum atomic E-state index is 13.2. The number of para-hydroxylation sites is 1. The number of benzene rings is 2. The van der Waals surface area contributed by atoms with Crippen LogP contribution in [0.1, 0.15) is 47.0 Å². The van der Waals surface area contributed by atoms with Gasteiger partial charge in [-0.05, 0) is 84.8 Å². The van der Waals surface area contributed by atoms with Gasteiger partial charge in [0.1, 0.15) is 11.3 Å². The van der Waals surface area contributed by atoms with Crippen molar-refractivity contribution < 1.29 is 13.6 Å². The molecule has 2 saturated heterocycles. The van der Waals surface area contributed by atoms with E-state index in [-0.39, 0.29) is 11.7 Å². The SMILES string of the molecule is Cc1nc2cccc(C(=O)N3CC[C@H](CN4CCC(c5ccc(F)cc5)CC4)C3)c2o1.c1ccsc1. The topological polar surface area (TPSA) is 49.6 Å². The number of amides is 1. The van der Waals surface area contributed by atoms with Gasteiger partial charge >= 0.3 is 0 Å². The van der Waals surface area contributed by atoms with Crippen molar-refractivity contribution in [2.45, 2.75) is 32.1 Å². The summed E-state index contributed by atoms with van der Waals surface area (Å²) in [5, 5.41) is 4.08. The van der Waals surface area contributed by atoms with Crippen LogP contribution in [0.4, 0.5) is 4.39 Å². The number of nitrogens with zero attached hydrogens (tertiary/aromatic N) is 3. The minimum atomic E-state index is -0.170. The second kappa shape index (κ2) is 11.4. The third-order valence-corrected chi connectivity index (χ3v) is 7.82. The van der Waals surface area contributed by atoms with Crippen LogP contribution in [0.5, 0.6) is 0 Å². The number of aryl methyl sites for hydroxylation is 1. The van der Waals surface area contributed by atoms with Gasteiger partial charge in [0, 0.05) is 26.6 Å². The van der Waals surface area contributed by atoms with Crippen molar-refractivity contribution in [2.75, 3.05) is 32.7 Å². The number of rotatable bonds is 4. The van der Waals surface area contributed by atoms with Crippen LogP contribution in [-0.2, 0) is 0 Å². The highest BCUT2D eigenvalue weighted by atomic mass is 32.1. The summed E-state index contributed by atoms with van der Waals surface area (Å²) in [6.07, 6.45) is 3.25. The summed E-state index contributed by atoms with van der Waals surface area (Å²) in [5.41, 5.74) is 3.19. The molecule has 0 unspecified atom stereocenters. The van der Waals surface area contributed by atoms with Crippen molar-refractivity contribution in [3.63, 3.8) is 0 Å². The van der Waals surface area contributed by atoms with Crippen molar-refractivity contribution >= 4 is 28.3 Å². The first kappa shape index (κ1) is 24.7. The Balaban J connectivity index is 0.000000477. The molecule has 1 amide bonds. The van der Waals surface area contributed by atoms with E-state index in [1.165, 1.54) is 5.56 Å². The highest BCUT2D eigenvalue weighted by Crippen LogP contribution is 2.30. The molecular formula is C29H32FN3O2S. The Hall–Kier alpha value is -3.03. The zero-order valence-corrected chi connectivity index (χ0v) is 21.4. The van der Waals surface area contributed by atoms with Crippen molar-refractivity contribution in [1.82, 2.24) is 14.8 Å². The third-order valence-electron chi connectivity index (χ3n) is 7.20. The predicted octanol–water partition coefficient (Wildman–Crippen LogP) is 6.37. The number of hydrogen-bond acceptors (Lipinski definition) is 5. The molecule has 2 aromatic carbocycles. The number of likely N-dealkylation sites (tertiary alicyclic amines) is 2. The van der Waals surface area contributed by atoms with Gasteiger partial charge in [-0.25, -0.2) is 9.37 Å². The average Bonchev–Trinajstić information content (AvgIpc) is 3.67. The Kier molecular flexibility index (Phi) is 7.78. The lowest BCUT2D eigenvalue weighted by Crippen LogP contribution is -2.37. The highest BCUT2D eigenvalue weighted by Gasteiger charge is 2.31. The highest BCUT2D eigenvalue weighted by molar-refractivity contribution is 7.07. The average molecular weight is 506 g/mol. The van der Waals surface area contributed by atoms with E-state index in [1.54, 1.807) is 30.4 Å². The van der Waals surface area contributed by atoms with Gasteiger partial charge in [0.05, 0.1) is 5.56 Å². The summed E-state index contributed by atoms with van der Waals surface area (Å²) in [6, 6.07) is 16.6. The maximum absolute atomic E-state index is 13.2.